The van der Waals surface area contributed by atoms with Gasteiger partial charge in [0.1, 0.15) is 5.69 Å². The Balaban J connectivity index is 2.23. The summed E-state index contributed by atoms with van der Waals surface area (Å²) in [4.78, 5) is 20.5. The van der Waals surface area contributed by atoms with Crippen LogP contribution >= 0.6 is 0 Å². The number of hydrogen-bond acceptors (Lipinski definition) is 6. The van der Waals surface area contributed by atoms with E-state index in [2.05, 4.69) is 17.5 Å². The Morgan fingerprint density at radius 2 is 1.83 bits per heavy atom. The number of benzene rings is 1. The molecule has 1 aliphatic rings. The Labute approximate surface area is 133 Å². The average molecular weight is 320 g/mol. The second-order valence-electron chi connectivity index (χ2n) is 6.15. The van der Waals surface area contributed by atoms with Crippen molar-refractivity contribution in [2.75, 3.05) is 5.43 Å². The topological polar surface area (TPSA) is 111 Å². The van der Waals surface area contributed by atoms with E-state index >= 15 is 0 Å². The van der Waals surface area contributed by atoms with E-state index in [1.807, 2.05) is 6.92 Å². The molecule has 23 heavy (non-hydrogen) atoms. The minimum absolute atomic E-state index is 0.000800. The van der Waals surface area contributed by atoms with Crippen molar-refractivity contribution in [3.05, 3.63) is 38.4 Å². The van der Waals surface area contributed by atoms with Crippen LogP contribution in [0.2, 0.25) is 0 Å². The minimum atomic E-state index is -0.658. The van der Waals surface area contributed by atoms with Gasteiger partial charge in [-0.05, 0) is 25.8 Å². The fourth-order valence-electron chi connectivity index (χ4n) is 2.85. The first kappa shape index (κ1) is 16.9. The zero-order valence-electron chi connectivity index (χ0n) is 13.2. The lowest BCUT2D eigenvalue weighted by Crippen LogP contribution is -2.29. The summed E-state index contributed by atoms with van der Waals surface area (Å²) in [6, 6.07) is 3.48. The number of nitrogens with one attached hydrogen (secondary N) is 1. The number of hydrazone groups is 1. The van der Waals surface area contributed by atoms with Crippen molar-refractivity contribution in [2.45, 2.75) is 46.0 Å². The van der Waals surface area contributed by atoms with E-state index in [4.69, 9.17) is 0 Å². The molecule has 8 heteroatoms. The molecule has 0 aromatic heterocycles. The SMILES string of the molecule is C/C(=N/Nc1ccc([N+](=O)[O-])cc1[N+](=O)[O-])C1(C)CCCCC1. The Kier molecular flexibility index (Phi) is 4.92. The molecular weight excluding hydrogens is 300 g/mol. The van der Waals surface area contributed by atoms with Gasteiger partial charge in [-0.25, -0.2) is 0 Å². The highest BCUT2D eigenvalue weighted by atomic mass is 16.6. The molecule has 0 heterocycles. The lowest BCUT2D eigenvalue weighted by Gasteiger charge is -2.33. The Hall–Kier alpha value is -2.51. The molecule has 1 N–H and O–H groups in total. The average Bonchev–Trinajstić information content (AvgIpc) is 2.52. The monoisotopic (exact) mass is 320 g/mol. The summed E-state index contributed by atoms with van der Waals surface area (Å²) < 4.78 is 0. The Morgan fingerprint density at radius 3 is 2.39 bits per heavy atom. The molecular formula is C15H20N4O4. The molecule has 0 bridgehead atoms. The smallest absolute Gasteiger partial charge is 0.272 e. The maximum Gasteiger partial charge on any atom is 0.301 e. The number of nitrogens with zero attached hydrogens (tertiary/aromatic N) is 3. The molecule has 1 fully saturated rings. The molecule has 0 amide bonds. The molecule has 1 saturated carbocycles. The molecule has 124 valence electrons. The number of non-ortho nitro benzene ring substituents is 1. The van der Waals surface area contributed by atoms with Gasteiger partial charge >= 0.3 is 5.69 Å². The molecule has 0 spiro atoms. The first-order valence-electron chi connectivity index (χ1n) is 7.57. The van der Waals surface area contributed by atoms with E-state index in [1.54, 1.807) is 0 Å². The summed E-state index contributed by atoms with van der Waals surface area (Å²) >= 11 is 0. The van der Waals surface area contributed by atoms with Crippen molar-refractivity contribution in [2.24, 2.45) is 10.5 Å². The number of anilines is 1. The van der Waals surface area contributed by atoms with E-state index in [9.17, 15) is 20.2 Å². The third-order valence-corrected chi connectivity index (χ3v) is 4.56. The van der Waals surface area contributed by atoms with E-state index in [0.29, 0.717) is 0 Å². The van der Waals surface area contributed by atoms with Gasteiger partial charge in [0.05, 0.1) is 15.9 Å². The normalized spacial score (nSPS) is 17.6. The van der Waals surface area contributed by atoms with Crippen molar-refractivity contribution in [1.29, 1.82) is 0 Å². The van der Waals surface area contributed by atoms with Gasteiger partial charge in [0, 0.05) is 17.2 Å². The molecule has 1 aromatic carbocycles. The zero-order valence-corrected chi connectivity index (χ0v) is 13.2. The van der Waals surface area contributed by atoms with E-state index < -0.39 is 9.85 Å². The molecule has 1 aromatic rings. The lowest BCUT2D eigenvalue weighted by atomic mass is 9.73. The van der Waals surface area contributed by atoms with Crippen LogP contribution in [0.4, 0.5) is 17.1 Å². The van der Waals surface area contributed by atoms with Crippen LogP contribution in [-0.2, 0) is 0 Å². The highest BCUT2D eigenvalue weighted by Crippen LogP contribution is 2.37. The predicted molar refractivity (Wildman–Crippen MR) is 87.7 cm³/mol. The van der Waals surface area contributed by atoms with Crippen LogP contribution in [0.25, 0.3) is 0 Å². The summed E-state index contributed by atoms with van der Waals surface area (Å²) in [5.74, 6) is 0. The van der Waals surface area contributed by atoms with Crippen molar-refractivity contribution >= 4 is 22.8 Å². The Morgan fingerprint density at radius 1 is 1.17 bits per heavy atom. The molecule has 0 aliphatic heterocycles. The summed E-state index contributed by atoms with van der Waals surface area (Å²) in [5, 5.41) is 26.1. The van der Waals surface area contributed by atoms with Crippen LogP contribution < -0.4 is 5.43 Å². The predicted octanol–water partition coefficient (Wildman–Crippen LogP) is 4.26. The van der Waals surface area contributed by atoms with Crippen LogP contribution in [-0.4, -0.2) is 15.6 Å². The summed E-state index contributed by atoms with van der Waals surface area (Å²) in [6.07, 6.45) is 5.63. The van der Waals surface area contributed by atoms with Crippen molar-refractivity contribution in [3.63, 3.8) is 0 Å². The van der Waals surface area contributed by atoms with Gasteiger partial charge in [0.15, 0.2) is 0 Å². The summed E-state index contributed by atoms with van der Waals surface area (Å²) in [6.45, 7) is 4.06. The molecule has 8 nitrogen and oxygen atoms in total. The molecule has 0 saturated heterocycles. The number of rotatable bonds is 5. The number of hydrogen-bond donors (Lipinski definition) is 1. The third kappa shape index (κ3) is 3.82. The second-order valence-corrected chi connectivity index (χ2v) is 6.15. The molecule has 0 atom stereocenters. The van der Waals surface area contributed by atoms with Crippen LogP contribution in [0.15, 0.2) is 23.3 Å². The van der Waals surface area contributed by atoms with Gasteiger partial charge in [-0.2, -0.15) is 5.10 Å². The van der Waals surface area contributed by atoms with Crippen LogP contribution in [0.3, 0.4) is 0 Å². The van der Waals surface area contributed by atoms with E-state index in [1.165, 1.54) is 18.6 Å². The maximum atomic E-state index is 11.1. The lowest BCUT2D eigenvalue weighted by molar-refractivity contribution is -0.393. The Bertz CT molecular complexity index is 651. The largest absolute Gasteiger partial charge is 0.301 e. The van der Waals surface area contributed by atoms with Crippen molar-refractivity contribution in [1.82, 2.24) is 0 Å². The zero-order chi connectivity index (χ0) is 17.0. The summed E-state index contributed by atoms with van der Waals surface area (Å²) in [7, 11) is 0. The standard InChI is InChI=1S/C15H20N4O4/c1-11(15(2)8-4-3-5-9-15)16-17-13-7-6-12(18(20)21)10-14(13)19(22)23/h6-7,10,17H,3-5,8-9H2,1-2H3/b16-11-. The van der Waals surface area contributed by atoms with E-state index in [-0.39, 0.29) is 22.5 Å². The molecule has 1 aliphatic carbocycles. The third-order valence-electron chi connectivity index (χ3n) is 4.56. The maximum absolute atomic E-state index is 11.1. The summed E-state index contributed by atoms with van der Waals surface area (Å²) in [5.41, 5.74) is 3.08. The van der Waals surface area contributed by atoms with Crippen molar-refractivity contribution < 1.29 is 9.85 Å². The minimum Gasteiger partial charge on any atom is -0.272 e. The van der Waals surface area contributed by atoms with Gasteiger partial charge in [-0.15, -0.1) is 0 Å². The van der Waals surface area contributed by atoms with Crippen molar-refractivity contribution in [3.8, 4) is 0 Å². The van der Waals surface area contributed by atoms with Crippen LogP contribution in [0.5, 0.6) is 0 Å². The number of nitro benzene ring substituents is 2. The molecule has 0 radical (unpaired) electrons. The van der Waals surface area contributed by atoms with Gasteiger partial charge < -0.3 is 0 Å². The van der Waals surface area contributed by atoms with Crippen LogP contribution in [0.1, 0.15) is 46.0 Å². The van der Waals surface area contributed by atoms with Gasteiger partial charge in [0.2, 0.25) is 0 Å². The molecule has 0 unspecified atom stereocenters. The van der Waals surface area contributed by atoms with Crippen LogP contribution in [0, 0.1) is 25.6 Å². The fourth-order valence-corrected chi connectivity index (χ4v) is 2.85. The van der Waals surface area contributed by atoms with Gasteiger partial charge in [0.25, 0.3) is 5.69 Å². The molecule has 2 rings (SSSR count). The van der Waals surface area contributed by atoms with E-state index in [0.717, 1.165) is 37.5 Å². The first-order chi connectivity index (χ1) is 10.8. The fraction of sp³-hybridized carbons (Fsp3) is 0.533. The number of nitro groups is 2. The highest BCUT2D eigenvalue weighted by Gasteiger charge is 2.30. The first-order valence-corrected chi connectivity index (χ1v) is 7.57. The van der Waals surface area contributed by atoms with Gasteiger partial charge in [-0.1, -0.05) is 26.2 Å². The second kappa shape index (κ2) is 6.72. The quantitative estimate of drug-likeness (QED) is 0.495. The van der Waals surface area contributed by atoms with Gasteiger partial charge in [-0.3, -0.25) is 25.7 Å². The highest BCUT2D eigenvalue weighted by molar-refractivity contribution is 5.88.